The van der Waals surface area contributed by atoms with E-state index in [4.69, 9.17) is 20.9 Å². The van der Waals surface area contributed by atoms with Gasteiger partial charge in [-0.3, -0.25) is 0 Å². The standard InChI is InChI=1S/C16H22BClO2/c1-10-8-14(18)13(9-12(10)11-6-7-11)17-19-15(2,3)16(4,5)20-17/h8-9,11H,6-7H2,1-5H3. The lowest BCUT2D eigenvalue weighted by Gasteiger charge is -2.32. The van der Waals surface area contributed by atoms with E-state index in [0.29, 0.717) is 5.92 Å². The van der Waals surface area contributed by atoms with Crippen molar-refractivity contribution in [3.8, 4) is 0 Å². The Bertz CT molecular complexity index is 534. The van der Waals surface area contributed by atoms with Crippen molar-refractivity contribution in [1.82, 2.24) is 0 Å². The van der Waals surface area contributed by atoms with Gasteiger partial charge in [0.1, 0.15) is 0 Å². The van der Waals surface area contributed by atoms with Crippen LogP contribution in [-0.2, 0) is 9.31 Å². The van der Waals surface area contributed by atoms with E-state index in [-0.39, 0.29) is 18.3 Å². The van der Waals surface area contributed by atoms with E-state index in [2.05, 4.69) is 46.8 Å². The molecule has 3 rings (SSSR count). The predicted octanol–water partition coefficient (Wildman–Crippen LogP) is 3.83. The van der Waals surface area contributed by atoms with Gasteiger partial charge in [-0.05, 0) is 70.6 Å². The Morgan fingerprint density at radius 1 is 1.10 bits per heavy atom. The van der Waals surface area contributed by atoms with Crippen LogP contribution in [0.2, 0.25) is 5.02 Å². The van der Waals surface area contributed by atoms with Gasteiger partial charge in [0, 0.05) is 10.5 Å². The van der Waals surface area contributed by atoms with Gasteiger partial charge in [-0.1, -0.05) is 17.7 Å². The highest BCUT2D eigenvalue weighted by molar-refractivity contribution is 6.65. The minimum absolute atomic E-state index is 0.328. The van der Waals surface area contributed by atoms with E-state index in [0.717, 1.165) is 10.5 Å². The molecule has 1 aliphatic carbocycles. The Labute approximate surface area is 126 Å². The smallest absolute Gasteiger partial charge is 0.399 e. The normalized spacial score (nSPS) is 24.2. The van der Waals surface area contributed by atoms with Gasteiger partial charge >= 0.3 is 7.12 Å². The monoisotopic (exact) mass is 292 g/mol. The maximum Gasteiger partial charge on any atom is 0.496 e. The van der Waals surface area contributed by atoms with Crippen LogP contribution in [-0.4, -0.2) is 18.3 Å². The second-order valence-electron chi connectivity index (χ2n) is 7.09. The van der Waals surface area contributed by atoms with Gasteiger partial charge in [0.15, 0.2) is 0 Å². The zero-order valence-corrected chi connectivity index (χ0v) is 13.7. The molecular weight excluding hydrogens is 270 g/mol. The molecule has 1 aromatic rings. The van der Waals surface area contributed by atoms with Crippen molar-refractivity contribution in [1.29, 1.82) is 0 Å². The maximum atomic E-state index is 6.43. The number of aryl methyl sites for hydroxylation is 1. The van der Waals surface area contributed by atoms with Gasteiger partial charge in [0.05, 0.1) is 11.2 Å². The fraction of sp³-hybridized carbons (Fsp3) is 0.625. The van der Waals surface area contributed by atoms with Gasteiger partial charge in [-0.2, -0.15) is 0 Å². The predicted molar refractivity (Wildman–Crippen MR) is 83.9 cm³/mol. The molecule has 0 aromatic heterocycles. The summed E-state index contributed by atoms with van der Waals surface area (Å²) in [5, 5.41) is 0.741. The molecule has 1 aromatic carbocycles. The number of halogens is 1. The maximum absolute atomic E-state index is 6.43. The fourth-order valence-corrected chi connectivity index (χ4v) is 3.00. The first-order valence-electron chi connectivity index (χ1n) is 7.37. The van der Waals surface area contributed by atoms with Gasteiger partial charge in [-0.15, -0.1) is 0 Å². The van der Waals surface area contributed by atoms with Gasteiger partial charge in [0.2, 0.25) is 0 Å². The molecular formula is C16H22BClO2. The molecule has 108 valence electrons. The third kappa shape index (κ3) is 2.30. The van der Waals surface area contributed by atoms with Gasteiger partial charge in [-0.25, -0.2) is 0 Å². The average Bonchev–Trinajstić information content (AvgIpc) is 3.07. The summed E-state index contributed by atoms with van der Waals surface area (Å²) in [5.41, 5.74) is 2.99. The third-order valence-electron chi connectivity index (χ3n) is 4.91. The molecule has 0 amide bonds. The molecule has 1 heterocycles. The molecule has 2 fully saturated rings. The lowest BCUT2D eigenvalue weighted by Crippen LogP contribution is -2.41. The van der Waals surface area contributed by atoms with E-state index in [1.807, 2.05) is 0 Å². The number of benzene rings is 1. The van der Waals surface area contributed by atoms with E-state index < -0.39 is 0 Å². The van der Waals surface area contributed by atoms with Crippen LogP contribution in [0, 0.1) is 6.92 Å². The van der Waals surface area contributed by atoms with E-state index in [1.165, 1.54) is 24.0 Å². The van der Waals surface area contributed by atoms with Gasteiger partial charge < -0.3 is 9.31 Å². The SMILES string of the molecule is Cc1cc(Cl)c(B2OC(C)(C)C(C)(C)O2)cc1C1CC1. The Hall–Kier alpha value is -0.505. The lowest BCUT2D eigenvalue weighted by atomic mass is 9.77. The van der Waals surface area contributed by atoms with Crippen molar-refractivity contribution in [3.63, 3.8) is 0 Å². The molecule has 0 unspecified atom stereocenters. The second kappa shape index (κ2) is 4.49. The fourth-order valence-electron chi connectivity index (χ4n) is 2.69. The Morgan fingerprint density at radius 3 is 2.15 bits per heavy atom. The summed E-state index contributed by atoms with van der Waals surface area (Å²) in [7, 11) is -0.370. The van der Waals surface area contributed by atoms with Crippen LogP contribution in [0.5, 0.6) is 0 Å². The first-order chi connectivity index (χ1) is 9.21. The first-order valence-corrected chi connectivity index (χ1v) is 7.75. The molecule has 1 saturated heterocycles. The number of hydrogen-bond donors (Lipinski definition) is 0. The van der Waals surface area contributed by atoms with Crippen molar-refractivity contribution in [2.75, 3.05) is 0 Å². The zero-order valence-electron chi connectivity index (χ0n) is 12.9. The lowest BCUT2D eigenvalue weighted by molar-refractivity contribution is 0.00578. The quantitative estimate of drug-likeness (QED) is 0.771. The summed E-state index contributed by atoms with van der Waals surface area (Å²) >= 11 is 6.43. The summed E-state index contributed by atoms with van der Waals surface area (Å²) in [6.45, 7) is 10.4. The second-order valence-corrected chi connectivity index (χ2v) is 7.50. The van der Waals surface area contributed by atoms with E-state index in [9.17, 15) is 0 Å². The molecule has 0 bridgehead atoms. The average molecular weight is 293 g/mol. The highest BCUT2D eigenvalue weighted by atomic mass is 35.5. The first kappa shape index (κ1) is 14.4. The van der Waals surface area contributed by atoms with Crippen molar-refractivity contribution < 1.29 is 9.31 Å². The Kier molecular flexibility index (Phi) is 3.24. The van der Waals surface area contributed by atoms with Crippen molar-refractivity contribution in [2.24, 2.45) is 0 Å². The van der Waals surface area contributed by atoms with Crippen molar-refractivity contribution in [3.05, 3.63) is 28.3 Å². The van der Waals surface area contributed by atoms with Crippen LogP contribution in [0.1, 0.15) is 57.6 Å². The number of rotatable bonds is 2. The largest absolute Gasteiger partial charge is 0.496 e. The van der Waals surface area contributed by atoms with E-state index in [1.54, 1.807) is 0 Å². The highest BCUT2D eigenvalue weighted by Gasteiger charge is 2.52. The zero-order chi connectivity index (χ0) is 14.7. The molecule has 0 N–H and O–H groups in total. The molecule has 0 spiro atoms. The topological polar surface area (TPSA) is 18.5 Å². The Balaban J connectivity index is 1.97. The van der Waals surface area contributed by atoms with E-state index >= 15 is 0 Å². The summed E-state index contributed by atoms with van der Waals surface area (Å²) in [6, 6.07) is 4.24. The summed E-state index contributed by atoms with van der Waals surface area (Å²) in [6.07, 6.45) is 2.57. The van der Waals surface area contributed by atoms with Crippen molar-refractivity contribution in [2.45, 2.75) is 64.6 Å². The summed E-state index contributed by atoms with van der Waals surface area (Å²) in [4.78, 5) is 0. The van der Waals surface area contributed by atoms with Gasteiger partial charge in [0.25, 0.3) is 0 Å². The highest BCUT2D eigenvalue weighted by Crippen LogP contribution is 2.42. The molecule has 0 atom stereocenters. The van der Waals surface area contributed by atoms with Crippen LogP contribution in [0.3, 0.4) is 0 Å². The van der Waals surface area contributed by atoms with Crippen molar-refractivity contribution >= 4 is 24.2 Å². The Morgan fingerprint density at radius 2 is 1.65 bits per heavy atom. The molecule has 4 heteroatoms. The third-order valence-corrected chi connectivity index (χ3v) is 5.24. The number of hydrogen-bond acceptors (Lipinski definition) is 2. The van der Waals surface area contributed by atoms with Crippen LogP contribution in [0.15, 0.2) is 12.1 Å². The summed E-state index contributed by atoms with van der Waals surface area (Å²) in [5.74, 6) is 0.702. The molecule has 2 nitrogen and oxygen atoms in total. The van der Waals surface area contributed by atoms with Crippen LogP contribution >= 0.6 is 11.6 Å². The van der Waals surface area contributed by atoms with Crippen LogP contribution in [0.25, 0.3) is 0 Å². The minimum atomic E-state index is -0.370. The molecule has 20 heavy (non-hydrogen) atoms. The summed E-state index contributed by atoms with van der Waals surface area (Å²) < 4.78 is 12.2. The molecule has 2 aliphatic rings. The minimum Gasteiger partial charge on any atom is -0.399 e. The van der Waals surface area contributed by atoms with Crippen LogP contribution in [0.4, 0.5) is 0 Å². The molecule has 1 saturated carbocycles. The molecule has 1 aliphatic heterocycles. The molecule has 0 radical (unpaired) electrons. The van der Waals surface area contributed by atoms with Crippen LogP contribution < -0.4 is 5.46 Å².